The number of allylic oxidation sites excluding steroid dienone is 2. The summed E-state index contributed by atoms with van der Waals surface area (Å²) in [5.74, 6) is 2.86. The van der Waals surface area contributed by atoms with Crippen LogP contribution in [0.3, 0.4) is 0 Å². The Labute approximate surface area is 272 Å². The first-order valence-electron chi connectivity index (χ1n) is 18.0. The van der Waals surface area contributed by atoms with E-state index in [1.807, 2.05) is 0 Å². The Kier molecular flexibility index (Phi) is 7.68. The van der Waals surface area contributed by atoms with Gasteiger partial charge in [-0.15, -0.1) is 5.10 Å². The zero-order valence-corrected chi connectivity index (χ0v) is 28.1. The predicted octanol–water partition coefficient (Wildman–Crippen LogP) is 3.51. The molecule has 4 aliphatic carbocycles. The third-order valence-corrected chi connectivity index (χ3v) is 14.1. The highest BCUT2D eigenvalue weighted by molar-refractivity contribution is 5.38. The average Bonchev–Trinajstić information content (AvgIpc) is 3.72. The fourth-order valence-corrected chi connectivity index (χ4v) is 11.6. The van der Waals surface area contributed by atoms with Crippen LogP contribution in [0.1, 0.15) is 97.9 Å². The third kappa shape index (κ3) is 4.61. The number of hydrogen-bond acceptors (Lipinski definition) is 9. The molecule has 3 aliphatic heterocycles. The molecule has 254 valence electrons. The number of aromatic nitrogens is 3. The minimum atomic E-state index is -1.31. The highest BCUT2D eigenvalue weighted by atomic mass is 16.5. The number of rotatable bonds is 3. The lowest BCUT2D eigenvalue weighted by atomic mass is 9.56. The van der Waals surface area contributed by atoms with Crippen LogP contribution in [0, 0.1) is 35.0 Å². The molecule has 0 aromatic carbocycles. The molecule has 2 saturated carbocycles. The molecule has 46 heavy (non-hydrogen) atoms. The number of nitrogens with zero attached hydrogens (tertiary/aromatic N) is 4. The molecule has 2 unspecified atom stereocenters. The Morgan fingerprint density at radius 2 is 1.83 bits per heavy atom. The van der Waals surface area contributed by atoms with Gasteiger partial charge in [-0.3, -0.25) is 4.90 Å². The fourth-order valence-electron chi connectivity index (χ4n) is 11.6. The molecule has 4 heterocycles. The SMILES string of the molecule is CC1=C2C[C@H]3[C@@H](CC=C4C[C@@H](O)CC[C@@]43C)[C@@H]2CC[C@]12O[C@@H]1C[C@H](C)CN(Cc3cn([C@H]4OC(C)[C@@H](O)C(O)[C@@H]4O)nn3)[C@H]1[C@H]2C. The number of fused-ring (bicyclic) bond motifs is 6. The van der Waals surface area contributed by atoms with Crippen LogP contribution in [0.15, 0.2) is 29.0 Å². The molecule has 3 saturated heterocycles. The summed E-state index contributed by atoms with van der Waals surface area (Å²) < 4.78 is 14.6. The van der Waals surface area contributed by atoms with Gasteiger partial charge in [-0.2, -0.15) is 0 Å². The summed E-state index contributed by atoms with van der Waals surface area (Å²) >= 11 is 0. The normalized spacial score (nSPS) is 50.6. The Hall–Kier alpha value is -1.66. The monoisotopic (exact) mass is 638 g/mol. The van der Waals surface area contributed by atoms with Crippen molar-refractivity contribution in [1.29, 1.82) is 0 Å². The van der Waals surface area contributed by atoms with Crippen LogP contribution in [0.5, 0.6) is 0 Å². The van der Waals surface area contributed by atoms with Crippen molar-refractivity contribution in [2.24, 2.45) is 35.0 Å². The van der Waals surface area contributed by atoms with Crippen LogP contribution >= 0.6 is 0 Å². The summed E-state index contributed by atoms with van der Waals surface area (Å²) in [6.07, 6.45) is 7.56. The van der Waals surface area contributed by atoms with Crippen molar-refractivity contribution in [3.05, 3.63) is 34.7 Å². The van der Waals surface area contributed by atoms with Crippen molar-refractivity contribution in [2.45, 2.75) is 147 Å². The van der Waals surface area contributed by atoms with Crippen molar-refractivity contribution >= 4 is 0 Å². The standard InChI is InChI=1S/C36H54N4O6/c1-18-12-29-30(39(15-18)16-23-17-40(38-37-23)34-33(44)32(43)31(42)21(4)45-34)20(3)36(46-29)11-9-25-26-7-6-22-13-24(41)8-10-35(22,5)28(26)14-27(25)19(36)2/h6,17-18,20-21,24-26,28-34,41-44H,7-16H2,1-5H3/t18-,20+,21?,24-,25-,26-,28-,29+,30-,31+,32?,33-,34-,35-,36-/m0/s1. The highest BCUT2D eigenvalue weighted by Crippen LogP contribution is 2.65. The fraction of sp³-hybridized carbons (Fsp3) is 0.833. The Bertz CT molecular complexity index is 1410. The first-order chi connectivity index (χ1) is 21.9. The van der Waals surface area contributed by atoms with Gasteiger partial charge in [-0.1, -0.05) is 43.2 Å². The van der Waals surface area contributed by atoms with E-state index in [1.54, 1.807) is 18.7 Å². The smallest absolute Gasteiger partial charge is 0.180 e. The van der Waals surface area contributed by atoms with Crippen molar-refractivity contribution in [1.82, 2.24) is 19.9 Å². The molecule has 4 N–H and O–H groups in total. The largest absolute Gasteiger partial charge is 0.393 e. The van der Waals surface area contributed by atoms with E-state index in [-0.39, 0.29) is 29.3 Å². The van der Waals surface area contributed by atoms with E-state index < -0.39 is 30.6 Å². The zero-order valence-electron chi connectivity index (χ0n) is 28.1. The van der Waals surface area contributed by atoms with Crippen LogP contribution in [0.4, 0.5) is 0 Å². The van der Waals surface area contributed by atoms with E-state index in [0.717, 1.165) is 50.8 Å². The first kappa shape index (κ1) is 31.6. The molecule has 0 amide bonds. The molecule has 0 bridgehead atoms. The second-order valence-electron chi connectivity index (χ2n) is 16.5. The summed E-state index contributed by atoms with van der Waals surface area (Å²) in [6, 6.07) is 0.274. The molecule has 15 atom stereocenters. The Morgan fingerprint density at radius 1 is 1.02 bits per heavy atom. The summed E-state index contributed by atoms with van der Waals surface area (Å²) in [5.41, 5.74) is 5.49. The molecule has 1 spiro atoms. The lowest BCUT2D eigenvalue weighted by Gasteiger charge is -2.49. The van der Waals surface area contributed by atoms with Gasteiger partial charge in [0.05, 0.1) is 35.8 Å². The van der Waals surface area contributed by atoms with E-state index in [1.165, 1.54) is 28.7 Å². The van der Waals surface area contributed by atoms with Crippen LogP contribution in [0.2, 0.25) is 0 Å². The number of likely N-dealkylation sites (tertiary alicyclic amines) is 1. The lowest BCUT2D eigenvalue weighted by Crippen LogP contribution is -2.54. The van der Waals surface area contributed by atoms with Gasteiger partial charge in [0.15, 0.2) is 6.23 Å². The number of piperidine rings is 1. The highest BCUT2D eigenvalue weighted by Gasteiger charge is 2.61. The quantitative estimate of drug-likeness (QED) is 0.367. The third-order valence-electron chi connectivity index (χ3n) is 14.1. The van der Waals surface area contributed by atoms with Crippen LogP contribution in [-0.4, -0.2) is 95.1 Å². The summed E-state index contributed by atoms with van der Waals surface area (Å²) in [5, 5.41) is 50.3. The van der Waals surface area contributed by atoms with Gasteiger partial charge in [0.2, 0.25) is 0 Å². The maximum absolute atomic E-state index is 10.6. The molecule has 10 heteroatoms. The molecule has 7 aliphatic rings. The summed E-state index contributed by atoms with van der Waals surface area (Å²) in [6.45, 7) is 12.9. The van der Waals surface area contributed by atoms with E-state index in [9.17, 15) is 20.4 Å². The van der Waals surface area contributed by atoms with Gasteiger partial charge in [0.25, 0.3) is 0 Å². The van der Waals surface area contributed by atoms with Crippen LogP contribution in [0.25, 0.3) is 0 Å². The van der Waals surface area contributed by atoms with Gasteiger partial charge in [-0.25, -0.2) is 4.68 Å². The number of aliphatic hydroxyl groups is 4. The molecule has 10 nitrogen and oxygen atoms in total. The molecule has 1 aromatic rings. The average molecular weight is 639 g/mol. The number of ether oxygens (including phenoxy) is 2. The molecule has 0 radical (unpaired) electrons. The first-order valence-corrected chi connectivity index (χ1v) is 18.0. The van der Waals surface area contributed by atoms with Gasteiger partial charge in [0, 0.05) is 25.0 Å². The van der Waals surface area contributed by atoms with Crippen LogP contribution < -0.4 is 0 Å². The van der Waals surface area contributed by atoms with Gasteiger partial charge >= 0.3 is 0 Å². The summed E-state index contributed by atoms with van der Waals surface area (Å²) in [7, 11) is 0. The predicted molar refractivity (Wildman–Crippen MR) is 170 cm³/mol. The van der Waals surface area contributed by atoms with Crippen molar-refractivity contribution in [2.75, 3.05) is 6.54 Å². The second kappa shape index (κ2) is 11.2. The van der Waals surface area contributed by atoms with E-state index >= 15 is 0 Å². The van der Waals surface area contributed by atoms with Gasteiger partial charge in [0.1, 0.15) is 18.3 Å². The van der Waals surface area contributed by atoms with E-state index in [0.29, 0.717) is 36.1 Å². The molecular formula is C36H54N4O6. The second-order valence-corrected chi connectivity index (χ2v) is 16.5. The maximum atomic E-state index is 10.6. The maximum Gasteiger partial charge on any atom is 0.180 e. The minimum absolute atomic E-state index is 0.163. The van der Waals surface area contributed by atoms with Crippen molar-refractivity contribution < 1.29 is 29.9 Å². The topological polar surface area (TPSA) is 133 Å². The molecule has 5 fully saturated rings. The zero-order chi connectivity index (χ0) is 32.3. The van der Waals surface area contributed by atoms with Gasteiger partial charge in [-0.05, 0) is 99.9 Å². The van der Waals surface area contributed by atoms with Crippen molar-refractivity contribution in [3.63, 3.8) is 0 Å². The summed E-state index contributed by atoms with van der Waals surface area (Å²) in [4.78, 5) is 2.55. The molecule has 8 rings (SSSR count). The van der Waals surface area contributed by atoms with E-state index in [4.69, 9.17) is 9.47 Å². The molecular weight excluding hydrogens is 584 g/mol. The van der Waals surface area contributed by atoms with Crippen LogP contribution in [-0.2, 0) is 16.0 Å². The number of aliphatic hydroxyl groups excluding tert-OH is 4. The Balaban J connectivity index is 1.04. The van der Waals surface area contributed by atoms with Crippen molar-refractivity contribution in [3.8, 4) is 0 Å². The van der Waals surface area contributed by atoms with E-state index in [2.05, 4.69) is 49.0 Å². The minimum Gasteiger partial charge on any atom is -0.393 e. The lowest BCUT2D eigenvalue weighted by molar-refractivity contribution is -0.243. The van der Waals surface area contributed by atoms with Gasteiger partial charge < -0.3 is 29.9 Å². The molecule has 1 aromatic heterocycles. The number of hydrogen-bond donors (Lipinski definition) is 4. The Morgan fingerprint density at radius 3 is 2.63 bits per heavy atom.